The molecule has 2 atom stereocenters. The molecule has 1 saturated heterocycles. The molecule has 1 N–H and O–H groups in total. The van der Waals surface area contributed by atoms with Crippen LogP contribution in [0.1, 0.15) is 50.1 Å². The molecule has 1 fully saturated rings. The summed E-state index contributed by atoms with van der Waals surface area (Å²) in [4.78, 5) is 9.13. The third-order valence-corrected chi connectivity index (χ3v) is 5.78. The van der Waals surface area contributed by atoms with Crippen LogP contribution in [0.2, 0.25) is 0 Å². The molecular weight excluding hydrogens is 266 g/mol. The highest BCUT2D eigenvalue weighted by Gasteiger charge is 2.36. The van der Waals surface area contributed by atoms with Gasteiger partial charge in [0.05, 0.1) is 5.69 Å². The minimum Gasteiger partial charge on any atom is -0.362 e. The number of fused-ring (bicyclic) bond motifs is 2. The van der Waals surface area contributed by atoms with E-state index in [2.05, 4.69) is 24.1 Å². The normalized spacial score (nSPS) is 26.1. The fourth-order valence-electron chi connectivity index (χ4n) is 3.76. The van der Waals surface area contributed by atoms with Crippen LogP contribution in [-0.2, 0) is 12.8 Å². The van der Waals surface area contributed by atoms with Gasteiger partial charge in [0.15, 0.2) is 5.13 Å². The molecular formula is C16H27N3S. The van der Waals surface area contributed by atoms with Gasteiger partial charge in [-0.2, -0.15) is 0 Å². The Balaban J connectivity index is 1.74. The number of nitrogens with one attached hydrogen (secondary N) is 1. The number of rotatable bonds is 5. The minimum atomic E-state index is 0.788. The van der Waals surface area contributed by atoms with Crippen LogP contribution in [0, 0.1) is 5.92 Å². The minimum absolute atomic E-state index is 0.788. The molecule has 0 saturated carbocycles. The van der Waals surface area contributed by atoms with Gasteiger partial charge in [0.25, 0.3) is 0 Å². The van der Waals surface area contributed by atoms with Crippen LogP contribution in [0.3, 0.4) is 0 Å². The zero-order valence-corrected chi connectivity index (χ0v) is 13.6. The van der Waals surface area contributed by atoms with E-state index in [9.17, 15) is 0 Å². The number of aromatic nitrogens is 1. The lowest BCUT2D eigenvalue weighted by Gasteiger charge is -2.43. The number of likely N-dealkylation sites (tertiary alicyclic amines) is 1. The monoisotopic (exact) mass is 293 g/mol. The Kier molecular flexibility index (Phi) is 4.61. The second-order valence-corrected chi connectivity index (χ2v) is 7.31. The highest BCUT2D eigenvalue weighted by molar-refractivity contribution is 7.15. The smallest absolute Gasteiger partial charge is 0.183 e. The summed E-state index contributed by atoms with van der Waals surface area (Å²) in [5.74, 6) is 0.851. The fourth-order valence-corrected chi connectivity index (χ4v) is 4.82. The van der Waals surface area contributed by atoms with Gasteiger partial charge in [-0.1, -0.05) is 13.8 Å². The molecule has 0 spiro atoms. The molecule has 2 aliphatic rings. The average molecular weight is 293 g/mol. The van der Waals surface area contributed by atoms with Crippen LogP contribution in [0.4, 0.5) is 5.13 Å². The van der Waals surface area contributed by atoms with Gasteiger partial charge in [-0.05, 0) is 57.5 Å². The van der Waals surface area contributed by atoms with E-state index in [1.165, 1.54) is 57.3 Å². The van der Waals surface area contributed by atoms with Crippen LogP contribution < -0.4 is 5.32 Å². The van der Waals surface area contributed by atoms with Gasteiger partial charge in [-0.15, -0.1) is 11.3 Å². The van der Waals surface area contributed by atoms with Gasteiger partial charge in [-0.25, -0.2) is 4.98 Å². The summed E-state index contributed by atoms with van der Waals surface area (Å²) < 4.78 is 0. The van der Waals surface area contributed by atoms with Crippen LogP contribution in [0.5, 0.6) is 0 Å². The lowest BCUT2D eigenvalue weighted by molar-refractivity contribution is 0.0857. The van der Waals surface area contributed by atoms with Crippen molar-refractivity contribution in [2.24, 2.45) is 5.92 Å². The van der Waals surface area contributed by atoms with Gasteiger partial charge in [0, 0.05) is 17.5 Å². The van der Waals surface area contributed by atoms with Gasteiger partial charge in [0.1, 0.15) is 0 Å². The van der Waals surface area contributed by atoms with Gasteiger partial charge in [-0.3, -0.25) is 4.90 Å². The van der Waals surface area contributed by atoms with Gasteiger partial charge < -0.3 is 5.32 Å². The molecule has 20 heavy (non-hydrogen) atoms. The van der Waals surface area contributed by atoms with E-state index in [4.69, 9.17) is 4.98 Å². The van der Waals surface area contributed by atoms with E-state index in [1.54, 1.807) is 4.88 Å². The maximum absolute atomic E-state index is 4.84. The standard InChI is InChI=1S/C16H27N3S/c1-3-7-17-16-18-13-10-12-6-5-9-19(8-4-2)14(12)11-15(13)20-16/h12,14H,3-11H2,1-2H3,(H,17,18). The zero-order chi connectivity index (χ0) is 13.9. The molecule has 0 aromatic carbocycles. The van der Waals surface area contributed by atoms with E-state index < -0.39 is 0 Å². The molecule has 1 aliphatic carbocycles. The van der Waals surface area contributed by atoms with E-state index in [1.807, 2.05) is 11.3 Å². The molecule has 3 nitrogen and oxygen atoms in total. The summed E-state index contributed by atoms with van der Waals surface area (Å²) in [6.45, 7) is 8.14. The molecule has 112 valence electrons. The van der Waals surface area contributed by atoms with Crippen molar-refractivity contribution < 1.29 is 0 Å². The van der Waals surface area contributed by atoms with Gasteiger partial charge >= 0.3 is 0 Å². The van der Waals surface area contributed by atoms with Crippen LogP contribution in [-0.4, -0.2) is 35.6 Å². The van der Waals surface area contributed by atoms with E-state index in [-0.39, 0.29) is 0 Å². The second kappa shape index (κ2) is 6.44. The first kappa shape index (κ1) is 14.3. The van der Waals surface area contributed by atoms with Crippen molar-refractivity contribution in [1.82, 2.24) is 9.88 Å². The molecule has 1 aliphatic heterocycles. The first-order chi connectivity index (χ1) is 9.81. The Hall–Kier alpha value is -0.610. The Morgan fingerprint density at radius 2 is 2.20 bits per heavy atom. The third-order valence-electron chi connectivity index (χ3n) is 4.70. The summed E-state index contributed by atoms with van der Waals surface area (Å²) >= 11 is 1.90. The Labute approximate surface area is 126 Å². The van der Waals surface area contributed by atoms with E-state index in [0.29, 0.717) is 0 Å². The first-order valence-electron chi connectivity index (χ1n) is 8.28. The largest absolute Gasteiger partial charge is 0.362 e. The molecule has 1 aromatic heterocycles. The number of anilines is 1. The number of thiazole rings is 1. The molecule has 0 radical (unpaired) electrons. The molecule has 3 rings (SSSR count). The van der Waals surface area contributed by atoms with Crippen molar-refractivity contribution in [3.63, 3.8) is 0 Å². The Bertz CT molecular complexity index is 441. The maximum atomic E-state index is 4.84. The van der Waals surface area contributed by atoms with Gasteiger partial charge in [0.2, 0.25) is 0 Å². The van der Waals surface area contributed by atoms with E-state index >= 15 is 0 Å². The number of hydrogen-bond acceptors (Lipinski definition) is 4. The van der Waals surface area contributed by atoms with Crippen LogP contribution in [0.15, 0.2) is 0 Å². The Morgan fingerprint density at radius 1 is 1.30 bits per heavy atom. The average Bonchev–Trinajstić information content (AvgIpc) is 2.85. The molecule has 0 bridgehead atoms. The van der Waals surface area contributed by atoms with Crippen LogP contribution >= 0.6 is 11.3 Å². The SMILES string of the molecule is CCCNc1nc2c(s1)CC1C(CCCN1CCC)C2. The molecule has 2 unspecified atom stereocenters. The Morgan fingerprint density at radius 3 is 3.00 bits per heavy atom. The molecule has 0 amide bonds. The summed E-state index contributed by atoms with van der Waals surface area (Å²) in [5, 5.41) is 4.61. The summed E-state index contributed by atoms with van der Waals surface area (Å²) in [7, 11) is 0. The second-order valence-electron chi connectivity index (χ2n) is 6.23. The molecule has 1 aromatic rings. The highest BCUT2D eigenvalue weighted by Crippen LogP contribution is 2.38. The summed E-state index contributed by atoms with van der Waals surface area (Å²) in [5.41, 5.74) is 1.40. The number of hydrogen-bond donors (Lipinski definition) is 1. The fraction of sp³-hybridized carbons (Fsp3) is 0.812. The number of piperidine rings is 1. The first-order valence-corrected chi connectivity index (χ1v) is 9.10. The quantitative estimate of drug-likeness (QED) is 0.900. The molecule has 2 heterocycles. The summed E-state index contributed by atoms with van der Waals surface area (Å²) in [6, 6.07) is 0.788. The lowest BCUT2D eigenvalue weighted by atomic mass is 9.79. The van der Waals surface area contributed by atoms with Crippen LogP contribution in [0.25, 0.3) is 0 Å². The predicted molar refractivity (Wildman–Crippen MR) is 86.7 cm³/mol. The van der Waals surface area contributed by atoms with Crippen molar-refractivity contribution in [3.05, 3.63) is 10.6 Å². The third kappa shape index (κ3) is 2.86. The van der Waals surface area contributed by atoms with Crippen molar-refractivity contribution in [2.75, 3.05) is 25.0 Å². The topological polar surface area (TPSA) is 28.2 Å². The van der Waals surface area contributed by atoms with E-state index in [0.717, 1.165) is 23.6 Å². The number of nitrogens with zero attached hydrogens (tertiary/aromatic N) is 2. The summed E-state index contributed by atoms with van der Waals surface area (Å²) in [6.07, 6.45) is 7.68. The zero-order valence-electron chi connectivity index (χ0n) is 12.8. The van der Waals surface area contributed by atoms with Crippen molar-refractivity contribution >= 4 is 16.5 Å². The van der Waals surface area contributed by atoms with Crippen molar-refractivity contribution in [1.29, 1.82) is 0 Å². The van der Waals surface area contributed by atoms with Crippen molar-refractivity contribution in [3.8, 4) is 0 Å². The lowest BCUT2D eigenvalue weighted by Crippen LogP contribution is -2.49. The predicted octanol–water partition coefficient (Wildman–Crippen LogP) is 3.55. The van der Waals surface area contributed by atoms with Crippen molar-refractivity contribution in [2.45, 2.75) is 58.4 Å². The highest BCUT2D eigenvalue weighted by atomic mass is 32.1. The maximum Gasteiger partial charge on any atom is 0.183 e. The molecule has 4 heteroatoms.